The minimum atomic E-state index is -2.09. The third-order valence-electron chi connectivity index (χ3n) is 5.16. The molecule has 0 aliphatic carbocycles. The highest BCUT2D eigenvalue weighted by Crippen LogP contribution is 2.45. The summed E-state index contributed by atoms with van der Waals surface area (Å²) in [5.41, 5.74) is -0.484. The largest absolute Gasteiger partial charge is 0.375 e. The Balaban J connectivity index is 1.72. The van der Waals surface area contributed by atoms with Crippen molar-refractivity contribution in [2.24, 2.45) is 0 Å². The zero-order chi connectivity index (χ0) is 21.5. The Morgan fingerprint density at radius 3 is 2.43 bits per heavy atom. The molecule has 0 saturated heterocycles. The predicted molar refractivity (Wildman–Crippen MR) is 113 cm³/mol. The second-order valence-electron chi connectivity index (χ2n) is 7.11. The van der Waals surface area contributed by atoms with E-state index < -0.39 is 29.5 Å². The van der Waals surface area contributed by atoms with Gasteiger partial charge in [0.25, 0.3) is 5.91 Å². The lowest BCUT2D eigenvalue weighted by Crippen LogP contribution is -2.41. The Morgan fingerprint density at radius 1 is 1.03 bits per heavy atom. The van der Waals surface area contributed by atoms with Crippen molar-refractivity contribution in [3.05, 3.63) is 99.3 Å². The highest BCUT2D eigenvalue weighted by Gasteiger charge is 2.51. The van der Waals surface area contributed by atoms with E-state index in [1.54, 1.807) is 36.4 Å². The van der Waals surface area contributed by atoms with Gasteiger partial charge in [-0.25, -0.2) is 4.39 Å². The summed E-state index contributed by atoms with van der Waals surface area (Å²) >= 11 is 12.4. The second kappa shape index (κ2) is 7.84. The lowest BCUT2D eigenvalue weighted by molar-refractivity contribution is -0.136. The van der Waals surface area contributed by atoms with E-state index in [2.05, 4.69) is 0 Å². The van der Waals surface area contributed by atoms with Crippen molar-refractivity contribution in [3.63, 3.8) is 0 Å². The van der Waals surface area contributed by atoms with Crippen molar-refractivity contribution in [2.75, 3.05) is 4.90 Å². The molecule has 4 rings (SSSR count). The molecule has 1 N–H and O–H groups in total. The molecule has 1 aliphatic rings. The van der Waals surface area contributed by atoms with Crippen molar-refractivity contribution >= 4 is 40.6 Å². The molecular weight excluding hydrogens is 428 g/mol. The quantitative estimate of drug-likeness (QED) is 0.555. The maximum Gasteiger partial charge on any atom is 0.264 e. The third-order valence-corrected chi connectivity index (χ3v) is 5.77. The fraction of sp³-hybridized carbons (Fsp3) is 0.130. The van der Waals surface area contributed by atoms with Gasteiger partial charge < -0.3 is 10.0 Å². The van der Waals surface area contributed by atoms with Gasteiger partial charge in [-0.3, -0.25) is 9.59 Å². The fourth-order valence-corrected chi connectivity index (χ4v) is 3.99. The van der Waals surface area contributed by atoms with Gasteiger partial charge in [0.05, 0.1) is 18.7 Å². The van der Waals surface area contributed by atoms with E-state index >= 15 is 0 Å². The number of nitrogens with zero attached hydrogens (tertiary/aromatic N) is 1. The topological polar surface area (TPSA) is 57.6 Å². The number of anilines is 1. The van der Waals surface area contributed by atoms with Crippen LogP contribution in [0.2, 0.25) is 10.0 Å². The van der Waals surface area contributed by atoms with Crippen LogP contribution in [0.25, 0.3) is 0 Å². The van der Waals surface area contributed by atoms with Crippen LogP contribution >= 0.6 is 23.2 Å². The standard InChI is InChI=1S/C23H16Cl2FNO3/c24-16-7-10-20-18(11-16)23(30,12-21(28)14-5-8-17(26)9-6-14)22(29)27(20)13-15-3-1-2-4-19(15)25/h1-11,30H,12-13H2. The van der Waals surface area contributed by atoms with Crippen molar-refractivity contribution in [2.45, 2.75) is 18.6 Å². The second-order valence-corrected chi connectivity index (χ2v) is 7.95. The fourth-order valence-electron chi connectivity index (χ4n) is 3.62. The Labute approximate surface area is 182 Å². The first kappa shape index (κ1) is 20.5. The van der Waals surface area contributed by atoms with E-state index in [0.717, 1.165) is 12.1 Å². The molecule has 0 saturated carbocycles. The van der Waals surface area contributed by atoms with Gasteiger partial charge in [-0.15, -0.1) is 0 Å². The molecule has 3 aromatic carbocycles. The number of hydrogen-bond acceptors (Lipinski definition) is 3. The molecule has 0 radical (unpaired) electrons. The van der Waals surface area contributed by atoms with Crippen molar-refractivity contribution in [3.8, 4) is 0 Å². The summed E-state index contributed by atoms with van der Waals surface area (Å²) in [6.07, 6.45) is -0.496. The first-order chi connectivity index (χ1) is 14.3. The molecule has 0 aromatic heterocycles. The average molecular weight is 444 g/mol. The molecule has 1 unspecified atom stereocenters. The Kier molecular flexibility index (Phi) is 5.36. The maximum absolute atomic E-state index is 13.3. The van der Waals surface area contributed by atoms with E-state index in [1.807, 2.05) is 0 Å². The summed E-state index contributed by atoms with van der Waals surface area (Å²) in [5, 5.41) is 12.2. The summed E-state index contributed by atoms with van der Waals surface area (Å²) in [5.74, 6) is -1.61. The molecule has 0 spiro atoms. The summed E-state index contributed by atoms with van der Waals surface area (Å²) < 4.78 is 13.2. The average Bonchev–Trinajstić information content (AvgIpc) is 2.91. The molecule has 0 fully saturated rings. The number of fused-ring (bicyclic) bond motifs is 1. The monoisotopic (exact) mass is 443 g/mol. The first-order valence-corrected chi connectivity index (χ1v) is 9.92. The number of benzene rings is 3. The van der Waals surface area contributed by atoms with Crippen LogP contribution in [0.1, 0.15) is 27.9 Å². The number of Topliss-reactive ketones (excluding diaryl/α,β-unsaturated/α-hetero) is 1. The van der Waals surface area contributed by atoms with Gasteiger partial charge in [0.15, 0.2) is 11.4 Å². The molecule has 30 heavy (non-hydrogen) atoms. The Morgan fingerprint density at radius 2 is 1.73 bits per heavy atom. The highest BCUT2D eigenvalue weighted by atomic mass is 35.5. The van der Waals surface area contributed by atoms with Gasteiger partial charge in [-0.1, -0.05) is 41.4 Å². The maximum atomic E-state index is 13.3. The zero-order valence-corrected chi connectivity index (χ0v) is 17.1. The summed E-state index contributed by atoms with van der Waals surface area (Å²) in [6, 6.07) is 16.8. The molecular formula is C23H16Cl2FNO3. The first-order valence-electron chi connectivity index (χ1n) is 9.16. The van der Waals surface area contributed by atoms with Gasteiger partial charge in [0, 0.05) is 21.2 Å². The molecule has 1 heterocycles. The van der Waals surface area contributed by atoms with E-state index in [-0.39, 0.29) is 17.7 Å². The normalized spacial score (nSPS) is 17.9. The Bertz CT molecular complexity index is 1150. The van der Waals surface area contributed by atoms with Gasteiger partial charge in [-0.05, 0) is 54.1 Å². The number of hydrogen-bond donors (Lipinski definition) is 1. The van der Waals surface area contributed by atoms with E-state index in [1.165, 1.54) is 23.1 Å². The molecule has 0 bridgehead atoms. The number of halogens is 3. The number of carbonyl (C=O) groups is 2. The molecule has 152 valence electrons. The summed E-state index contributed by atoms with van der Waals surface area (Å²) in [7, 11) is 0. The third kappa shape index (κ3) is 3.60. The van der Waals surface area contributed by atoms with E-state index in [9.17, 15) is 19.1 Å². The number of aliphatic hydroxyl groups is 1. The van der Waals surface area contributed by atoms with Crippen LogP contribution in [0.15, 0.2) is 66.7 Å². The lowest BCUT2D eigenvalue weighted by atomic mass is 9.88. The molecule has 3 aromatic rings. The van der Waals surface area contributed by atoms with Crippen LogP contribution in [0, 0.1) is 5.82 Å². The van der Waals surface area contributed by atoms with Gasteiger partial charge in [-0.2, -0.15) is 0 Å². The summed E-state index contributed by atoms with van der Waals surface area (Å²) in [6.45, 7) is 0.125. The van der Waals surface area contributed by atoms with Crippen LogP contribution in [-0.2, 0) is 16.9 Å². The molecule has 1 atom stereocenters. The smallest absolute Gasteiger partial charge is 0.264 e. The van der Waals surface area contributed by atoms with Gasteiger partial charge in [0.1, 0.15) is 5.82 Å². The highest BCUT2D eigenvalue weighted by molar-refractivity contribution is 6.31. The van der Waals surface area contributed by atoms with E-state index in [0.29, 0.717) is 21.3 Å². The van der Waals surface area contributed by atoms with Crippen molar-refractivity contribution < 1.29 is 19.1 Å². The molecule has 1 amide bonds. The summed E-state index contributed by atoms with van der Waals surface area (Å²) in [4.78, 5) is 27.5. The lowest BCUT2D eigenvalue weighted by Gasteiger charge is -2.23. The Hall–Kier alpha value is -2.73. The number of carbonyl (C=O) groups excluding carboxylic acids is 2. The number of rotatable bonds is 5. The minimum absolute atomic E-state index is 0.125. The van der Waals surface area contributed by atoms with E-state index in [4.69, 9.17) is 23.2 Å². The van der Waals surface area contributed by atoms with Crippen LogP contribution < -0.4 is 4.90 Å². The minimum Gasteiger partial charge on any atom is -0.375 e. The van der Waals surface area contributed by atoms with Gasteiger partial charge in [0.2, 0.25) is 0 Å². The number of ketones is 1. The SMILES string of the molecule is O=C(CC1(O)C(=O)N(Cc2ccccc2Cl)c2ccc(Cl)cc21)c1ccc(F)cc1. The zero-order valence-electron chi connectivity index (χ0n) is 15.6. The van der Waals surface area contributed by atoms with Crippen LogP contribution in [-0.4, -0.2) is 16.8 Å². The van der Waals surface area contributed by atoms with Crippen LogP contribution in [0.3, 0.4) is 0 Å². The van der Waals surface area contributed by atoms with Crippen molar-refractivity contribution in [1.29, 1.82) is 0 Å². The van der Waals surface area contributed by atoms with Crippen LogP contribution in [0.5, 0.6) is 0 Å². The van der Waals surface area contributed by atoms with Gasteiger partial charge >= 0.3 is 0 Å². The number of amides is 1. The predicted octanol–water partition coefficient (Wildman–Crippen LogP) is 5.14. The molecule has 1 aliphatic heterocycles. The van der Waals surface area contributed by atoms with Crippen molar-refractivity contribution in [1.82, 2.24) is 0 Å². The van der Waals surface area contributed by atoms with Crippen LogP contribution in [0.4, 0.5) is 10.1 Å². The molecule has 7 heteroatoms. The molecule has 4 nitrogen and oxygen atoms in total.